The molecule has 0 aromatic carbocycles. The van der Waals surface area contributed by atoms with Crippen molar-refractivity contribution in [2.24, 2.45) is 0 Å². The molecular weight excluding hydrogens is 174 g/mol. The largest absolute Gasteiger partial charge is 0.478 e. The molecule has 0 rings (SSSR count). The molecule has 0 spiro atoms. The Hall–Kier alpha value is -0.350. The topological polar surface area (TPSA) is 72.3 Å². The van der Waals surface area contributed by atoms with Gasteiger partial charge in [0, 0.05) is 5.57 Å². The van der Waals surface area contributed by atoms with Gasteiger partial charge in [-0.2, -0.15) is 0 Å². The van der Waals surface area contributed by atoms with E-state index >= 15 is 0 Å². The predicted molar refractivity (Wildman–Crippen MR) is 37.8 cm³/mol. The Kier molecular flexibility index (Phi) is 13.0. The summed E-state index contributed by atoms with van der Waals surface area (Å²) in [5.74, 6) is -0.935. The number of aliphatic carboxylic acids is 1. The Labute approximate surface area is 58.7 Å². The maximum Gasteiger partial charge on any atom is 0.330 e. The van der Waals surface area contributed by atoms with Gasteiger partial charge in [0.2, 0.25) is 0 Å². The van der Waals surface area contributed by atoms with Gasteiger partial charge in [0.1, 0.15) is 0 Å². The Morgan fingerprint density at radius 2 is 1.75 bits per heavy atom. The van der Waals surface area contributed by atoms with Gasteiger partial charge in [0.25, 0.3) is 0 Å². The molecule has 0 unspecified atom stereocenters. The van der Waals surface area contributed by atoms with E-state index < -0.39 is 5.97 Å². The second-order valence-electron chi connectivity index (χ2n) is 1.09. The van der Waals surface area contributed by atoms with Crippen molar-refractivity contribution in [1.29, 1.82) is 0 Å². The quantitative estimate of drug-likeness (QED) is 0.604. The van der Waals surface area contributed by atoms with Gasteiger partial charge in [-0.25, -0.2) is 4.79 Å². The molecule has 0 heterocycles. The third-order valence-electron chi connectivity index (χ3n) is 0.365. The molecule has 0 aliphatic carbocycles. The van der Waals surface area contributed by atoms with Gasteiger partial charge < -0.3 is 11.3 Å². The van der Waals surface area contributed by atoms with E-state index in [9.17, 15) is 4.79 Å². The van der Waals surface area contributed by atoms with Crippen LogP contribution in [0.4, 0.5) is 0 Å². The lowest BCUT2D eigenvalue weighted by atomic mass is 10.4. The molecule has 0 atom stereocenters. The average Bonchev–Trinajstić information content (AvgIpc) is 1.36. The molecule has 0 bridgehead atoms. The van der Waals surface area contributed by atoms with Crippen molar-refractivity contribution >= 4 is 23.0 Å². The smallest absolute Gasteiger partial charge is 0.330 e. The molecule has 0 aromatic heterocycles. The SMILES string of the molecule is Br.C=C(C)C(=O)O.N. The molecule has 0 radical (unpaired) electrons. The van der Waals surface area contributed by atoms with Gasteiger partial charge in [0.05, 0.1) is 0 Å². The fourth-order valence-corrected chi connectivity index (χ4v) is 0. The van der Waals surface area contributed by atoms with Crippen molar-refractivity contribution in [2.75, 3.05) is 0 Å². The minimum Gasteiger partial charge on any atom is -0.478 e. The highest BCUT2D eigenvalue weighted by Gasteiger charge is 1.90. The zero-order chi connectivity index (χ0) is 5.15. The fraction of sp³-hybridized carbons (Fsp3) is 0.250. The molecule has 3 nitrogen and oxygen atoms in total. The molecule has 0 aliphatic heterocycles. The Bertz CT molecular complexity index is 80.0. The van der Waals surface area contributed by atoms with Crippen LogP contribution in [-0.2, 0) is 4.79 Å². The summed E-state index contributed by atoms with van der Waals surface area (Å²) in [6.07, 6.45) is 0. The summed E-state index contributed by atoms with van der Waals surface area (Å²) in [7, 11) is 0. The van der Waals surface area contributed by atoms with Crippen LogP contribution in [0.15, 0.2) is 12.2 Å². The summed E-state index contributed by atoms with van der Waals surface area (Å²) in [4.78, 5) is 9.60. The van der Waals surface area contributed by atoms with Gasteiger partial charge in [-0.3, -0.25) is 0 Å². The fourth-order valence-electron chi connectivity index (χ4n) is 0. The van der Waals surface area contributed by atoms with Crippen LogP contribution in [0.2, 0.25) is 0 Å². The lowest BCUT2D eigenvalue weighted by Crippen LogP contribution is -1.92. The number of carboxylic acid groups (broad SMARTS) is 1. The Balaban J connectivity index is -0.000000125. The first-order valence-corrected chi connectivity index (χ1v) is 1.53. The summed E-state index contributed by atoms with van der Waals surface area (Å²) in [6.45, 7) is 4.60. The average molecular weight is 184 g/mol. The van der Waals surface area contributed by atoms with E-state index in [0.29, 0.717) is 0 Å². The van der Waals surface area contributed by atoms with E-state index in [1.807, 2.05) is 0 Å². The van der Waals surface area contributed by atoms with Gasteiger partial charge in [-0.05, 0) is 6.92 Å². The van der Waals surface area contributed by atoms with E-state index in [1.54, 1.807) is 0 Å². The minimum absolute atomic E-state index is 0. The highest BCUT2D eigenvalue weighted by molar-refractivity contribution is 8.93. The van der Waals surface area contributed by atoms with Crippen molar-refractivity contribution in [3.8, 4) is 0 Å². The summed E-state index contributed by atoms with van der Waals surface area (Å²) in [6, 6.07) is 0. The van der Waals surface area contributed by atoms with Crippen molar-refractivity contribution in [1.82, 2.24) is 6.15 Å². The number of carbonyl (C=O) groups is 1. The van der Waals surface area contributed by atoms with E-state index in [4.69, 9.17) is 5.11 Å². The second-order valence-corrected chi connectivity index (χ2v) is 1.09. The number of carboxylic acids is 1. The van der Waals surface area contributed by atoms with Crippen molar-refractivity contribution in [3.05, 3.63) is 12.2 Å². The zero-order valence-corrected chi connectivity index (χ0v) is 6.39. The van der Waals surface area contributed by atoms with Gasteiger partial charge in [0.15, 0.2) is 0 Å². The van der Waals surface area contributed by atoms with Crippen molar-refractivity contribution in [2.45, 2.75) is 6.92 Å². The standard InChI is InChI=1S/C4H6O2.BrH.H3N/c1-3(2)4(5)6;;/h1H2,2H3,(H,5,6);1H;1H3. The molecule has 0 aromatic rings. The van der Waals surface area contributed by atoms with Crippen molar-refractivity contribution < 1.29 is 9.90 Å². The van der Waals surface area contributed by atoms with Crippen molar-refractivity contribution in [3.63, 3.8) is 0 Å². The normalized spacial score (nSPS) is 5.62. The first-order chi connectivity index (χ1) is 2.64. The number of halogens is 1. The van der Waals surface area contributed by atoms with Crippen LogP contribution in [-0.4, -0.2) is 11.1 Å². The molecule has 4 heteroatoms. The van der Waals surface area contributed by atoms with Gasteiger partial charge in [-0.15, -0.1) is 17.0 Å². The van der Waals surface area contributed by atoms with Crippen LogP contribution in [0.3, 0.4) is 0 Å². The lowest BCUT2D eigenvalue weighted by Gasteiger charge is -1.79. The third-order valence-corrected chi connectivity index (χ3v) is 0.365. The number of hydrogen-bond acceptors (Lipinski definition) is 2. The molecule has 50 valence electrons. The molecule has 0 saturated carbocycles. The highest BCUT2D eigenvalue weighted by Crippen LogP contribution is 1.81. The van der Waals surface area contributed by atoms with Crippen LogP contribution in [0, 0.1) is 0 Å². The molecule has 4 N–H and O–H groups in total. The third kappa shape index (κ3) is 9.17. The number of rotatable bonds is 1. The molecule has 0 aliphatic rings. The van der Waals surface area contributed by atoms with Crippen LogP contribution >= 0.6 is 17.0 Å². The summed E-state index contributed by atoms with van der Waals surface area (Å²) in [5.41, 5.74) is 0.176. The lowest BCUT2D eigenvalue weighted by molar-refractivity contribution is -0.132. The summed E-state index contributed by atoms with van der Waals surface area (Å²) >= 11 is 0. The van der Waals surface area contributed by atoms with E-state index in [-0.39, 0.29) is 28.7 Å². The van der Waals surface area contributed by atoms with E-state index in [1.165, 1.54) is 6.92 Å². The first-order valence-electron chi connectivity index (χ1n) is 1.53. The molecule has 0 saturated heterocycles. The van der Waals surface area contributed by atoms with E-state index in [2.05, 4.69) is 6.58 Å². The Morgan fingerprint density at radius 1 is 1.62 bits per heavy atom. The molecular formula is C4H10BrNO2. The van der Waals surface area contributed by atoms with E-state index in [0.717, 1.165) is 0 Å². The summed E-state index contributed by atoms with van der Waals surface area (Å²) < 4.78 is 0. The molecule has 0 amide bonds. The maximum absolute atomic E-state index is 9.60. The van der Waals surface area contributed by atoms with Crippen LogP contribution < -0.4 is 6.15 Å². The highest BCUT2D eigenvalue weighted by atomic mass is 79.9. The second kappa shape index (κ2) is 6.65. The minimum atomic E-state index is -0.935. The predicted octanol–water partition coefficient (Wildman–Crippen LogP) is 1.39. The zero-order valence-electron chi connectivity index (χ0n) is 4.68. The monoisotopic (exact) mass is 183 g/mol. The maximum atomic E-state index is 9.60. The number of hydrogen-bond donors (Lipinski definition) is 2. The summed E-state index contributed by atoms with van der Waals surface area (Å²) in [5, 5.41) is 7.89. The van der Waals surface area contributed by atoms with Gasteiger partial charge in [-0.1, -0.05) is 6.58 Å². The van der Waals surface area contributed by atoms with Crippen LogP contribution in [0.5, 0.6) is 0 Å². The molecule has 0 fully saturated rings. The first kappa shape index (κ1) is 15.6. The van der Waals surface area contributed by atoms with Crippen LogP contribution in [0.1, 0.15) is 6.92 Å². The van der Waals surface area contributed by atoms with Crippen LogP contribution in [0.25, 0.3) is 0 Å². The molecule has 8 heavy (non-hydrogen) atoms. The Morgan fingerprint density at radius 3 is 1.75 bits per heavy atom. The van der Waals surface area contributed by atoms with Gasteiger partial charge >= 0.3 is 5.97 Å².